The number of carbonyl (C=O) groups excluding carboxylic acids is 1. The van der Waals surface area contributed by atoms with Gasteiger partial charge in [0, 0.05) is 5.69 Å². The summed E-state index contributed by atoms with van der Waals surface area (Å²) in [7, 11) is 0. The van der Waals surface area contributed by atoms with Crippen LogP contribution in [-0.2, 0) is 4.79 Å². The van der Waals surface area contributed by atoms with Gasteiger partial charge in [-0.3, -0.25) is 4.79 Å². The number of thioether (sulfide) groups is 1. The van der Waals surface area contributed by atoms with Gasteiger partial charge in [0.15, 0.2) is 17.5 Å². The maximum atomic E-state index is 13.6. The van der Waals surface area contributed by atoms with Gasteiger partial charge in [0.2, 0.25) is 11.1 Å². The predicted octanol–water partition coefficient (Wildman–Crippen LogP) is 1.94. The van der Waals surface area contributed by atoms with Gasteiger partial charge >= 0.3 is 0 Å². The van der Waals surface area contributed by atoms with E-state index < -0.39 is 29.0 Å². The normalized spacial score (nSPS) is 11.0. The quantitative estimate of drug-likeness (QED) is 0.387. The fraction of sp³-hybridized carbons (Fsp3) is 0.200. The van der Waals surface area contributed by atoms with E-state index in [4.69, 9.17) is 5.84 Å². The molecule has 0 radical (unpaired) electrons. The molecule has 2 aromatic heterocycles. The second kappa shape index (κ2) is 7.31. The van der Waals surface area contributed by atoms with Crippen LogP contribution in [0.3, 0.4) is 0 Å². The Morgan fingerprint density at radius 3 is 2.63 bits per heavy atom. The fourth-order valence-corrected chi connectivity index (χ4v) is 2.93. The van der Waals surface area contributed by atoms with E-state index in [-0.39, 0.29) is 16.9 Å². The molecule has 1 aromatic carbocycles. The predicted molar refractivity (Wildman–Crippen MR) is 92.4 cm³/mol. The first-order valence-corrected chi connectivity index (χ1v) is 8.56. The highest BCUT2D eigenvalue weighted by atomic mass is 32.2. The van der Waals surface area contributed by atoms with E-state index in [9.17, 15) is 18.0 Å². The number of hydrogen-bond donors (Lipinski definition) is 2. The number of aryl methyl sites for hydroxylation is 2. The van der Waals surface area contributed by atoms with Gasteiger partial charge in [-0.1, -0.05) is 11.8 Å². The van der Waals surface area contributed by atoms with E-state index in [2.05, 4.69) is 20.6 Å². The number of carbonyl (C=O) groups is 1. The summed E-state index contributed by atoms with van der Waals surface area (Å²) in [4.78, 5) is 11.9. The number of nitrogens with one attached hydrogen (secondary N) is 1. The molecule has 0 aliphatic heterocycles. The van der Waals surface area contributed by atoms with Crippen molar-refractivity contribution in [3.63, 3.8) is 0 Å². The second-order valence-electron chi connectivity index (χ2n) is 5.55. The number of benzene rings is 1. The minimum absolute atomic E-state index is 0.203. The van der Waals surface area contributed by atoms with Crippen molar-refractivity contribution < 1.29 is 18.0 Å². The summed E-state index contributed by atoms with van der Waals surface area (Å²) in [5.74, 6) is 0.878. The van der Waals surface area contributed by atoms with Crippen molar-refractivity contribution in [2.24, 2.45) is 0 Å². The molecule has 0 unspecified atom stereocenters. The molecular formula is C15H14F3N7OS. The highest BCUT2D eigenvalue weighted by Crippen LogP contribution is 2.21. The third-order valence-electron chi connectivity index (χ3n) is 3.49. The fourth-order valence-electron chi connectivity index (χ4n) is 2.28. The summed E-state index contributed by atoms with van der Waals surface area (Å²) in [5.41, 5.74) is 1.12. The zero-order valence-corrected chi connectivity index (χ0v) is 15.0. The Labute approximate surface area is 155 Å². The molecule has 142 valence electrons. The SMILES string of the molecule is Cc1cc(C)n(-c2nnc(SCC(=O)Nc3ccc(F)c(F)c3F)n2N)n1. The number of aromatic nitrogens is 5. The summed E-state index contributed by atoms with van der Waals surface area (Å²) in [6.07, 6.45) is 0. The first-order valence-electron chi connectivity index (χ1n) is 7.58. The van der Waals surface area contributed by atoms with Crippen LogP contribution in [0.2, 0.25) is 0 Å². The smallest absolute Gasteiger partial charge is 0.271 e. The molecule has 0 spiro atoms. The summed E-state index contributed by atoms with van der Waals surface area (Å²) in [6, 6.07) is 3.49. The lowest BCUT2D eigenvalue weighted by Gasteiger charge is -2.07. The topological polar surface area (TPSA) is 104 Å². The number of hydrogen-bond acceptors (Lipinski definition) is 6. The summed E-state index contributed by atoms with van der Waals surface area (Å²) in [6.45, 7) is 3.64. The van der Waals surface area contributed by atoms with Crippen molar-refractivity contribution in [2.45, 2.75) is 19.0 Å². The van der Waals surface area contributed by atoms with E-state index in [1.165, 1.54) is 4.68 Å². The minimum atomic E-state index is -1.66. The largest absolute Gasteiger partial charge is 0.334 e. The second-order valence-corrected chi connectivity index (χ2v) is 6.49. The van der Waals surface area contributed by atoms with Crippen LogP contribution in [-0.4, -0.2) is 36.3 Å². The Morgan fingerprint density at radius 2 is 1.96 bits per heavy atom. The molecule has 0 saturated heterocycles. The minimum Gasteiger partial charge on any atom is -0.334 e. The molecule has 3 rings (SSSR count). The van der Waals surface area contributed by atoms with Crippen LogP contribution in [0.25, 0.3) is 5.95 Å². The molecule has 2 heterocycles. The number of amides is 1. The van der Waals surface area contributed by atoms with E-state index >= 15 is 0 Å². The van der Waals surface area contributed by atoms with Crippen LogP contribution in [0.5, 0.6) is 0 Å². The Kier molecular flexibility index (Phi) is 5.08. The molecule has 0 saturated carbocycles. The number of nitrogen functional groups attached to an aromatic ring is 1. The van der Waals surface area contributed by atoms with Gasteiger partial charge in [0.05, 0.1) is 17.1 Å². The molecule has 1 amide bonds. The van der Waals surface area contributed by atoms with E-state index in [0.29, 0.717) is 0 Å². The average Bonchev–Trinajstić information content (AvgIpc) is 3.15. The average molecular weight is 397 g/mol. The number of nitrogens with zero attached hydrogens (tertiary/aromatic N) is 5. The van der Waals surface area contributed by atoms with Gasteiger partial charge in [0.1, 0.15) is 0 Å². The van der Waals surface area contributed by atoms with Crippen LogP contribution in [0, 0.1) is 31.3 Å². The number of halogens is 3. The summed E-state index contributed by atoms with van der Waals surface area (Å²) < 4.78 is 42.4. The van der Waals surface area contributed by atoms with E-state index in [1.807, 2.05) is 19.9 Å². The molecule has 0 aliphatic carbocycles. The van der Waals surface area contributed by atoms with Crippen molar-refractivity contribution in [2.75, 3.05) is 16.9 Å². The van der Waals surface area contributed by atoms with Gasteiger partial charge in [0.25, 0.3) is 5.95 Å². The molecule has 0 atom stereocenters. The lowest BCUT2D eigenvalue weighted by Crippen LogP contribution is -2.19. The van der Waals surface area contributed by atoms with E-state index in [1.54, 1.807) is 0 Å². The van der Waals surface area contributed by atoms with Crippen molar-refractivity contribution in [3.05, 3.63) is 47.0 Å². The van der Waals surface area contributed by atoms with Crippen LogP contribution >= 0.6 is 11.8 Å². The molecule has 0 fully saturated rings. The first-order chi connectivity index (χ1) is 12.8. The third kappa shape index (κ3) is 3.74. The van der Waals surface area contributed by atoms with Gasteiger partial charge in [-0.2, -0.15) is 5.10 Å². The third-order valence-corrected chi connectivity index (χ3v) is 4.43. The van der Waals surface area contributed by atoms with Crippen LogP contribution in [0.1, 0.15) is 11.4 Å². The van der Waals surface area contributed by atoms with Gasteiger partial charge in [-0.25, -0.2) is 22.5 Å². The monoisotopic (exact) mass is 397 g/mol. The van der Waals surface area contributed by atoms with Crippen molar-refractivity contribution >= 4 is 23.4 Å². The van der Waals surface area contributed by atoms with Crippen LogP contribution < -0.4 is 11.2 Å². The van der Waals surface area contributed by atoms with E-state index in [0.717, 1.165) is 40.0 Å². The highest BCUT2D eigenvalue weighted by molar-refractivity contribution is 7.99. The molecule has 0 aliphatic rings. The zero-order valence-electron chi connectivity index (χ0n) is 14.2. The molecule has 12 heteroatoms. The lowest BCUT2D eigenvalue weighted by molar-refractivity contribution is -0.113. The van der Waals surface area contributed by atoms with Crippen molar-refractivity contribution in [3.8, 4) is 5.95 Å². The van der Waals surface area contributed by atoms with Gasteiger partial charge < -0.3 is 11.2 Å². The number of nitrogens with two attached hydrogens (primary N) is 1. The molecule has 3 N–H and O–H groups in total. The molecule has 3 aromatic rings. The molecule has 0 bridgehead atoms. The number of anilines is 1. The maximum absolute atomic E-state index is 13.6. The molecule has 8 nitrogen and oxygen atoms in total. The van der Waals surface area contributed by atoms with Crippen LogP contribution in [0.4, 0.5) is 18.9 Å². The Hall–Kier alpha value is -3.02. The molecular weight excluding hydrogens is 383 g/mol. The summed E-state index contributed by atoms with van der Waals surface area (Å²) in [5, 5.41) is 14.5. The van der Waals surface area contributed by atoms with Crippen molar-refractivity contribution in [1.29, 1.82) is 0 Å². The number of rotatable bonds is 5. The van der Waals surface area contributed by atoms with Gasteiger partial charge in [-0.05, 0) is 32.0 Å². The molecule has 27 heavy (non-hydrogen) atoms. The lowest BCUT2D eigenvalue weighted by atomic mass is 10.3. The first kappa shape index (κ1) is 18.8. The highest BCUT2D eigenvalue weighted by Gasteiger charge is 2.18. The van der Waals surface area contributed by atoms with Crippen LogP contribution in [0.15, 0.2) is 23.4 Å². The Balaban J connectivity index is 1.68. The standard InChI is InChI=1S/C15H14F3N7OS/c1-7-5-8(2)25(23-7)14-21-22-15(24(14)19)27-6-11(26)20-10-4-3-9(16)12(17)13(10)18/h3-5H,6,19H2,1-2H3,(H,20,26). The Bertz CT molecular complexity index is 1020. The summed E-state index contributed by atoms with van der Waals surface area (Å²) >= 11 is 0.937. The van der Waals surface area contributed by atoms with Crippen molar-refractivity contribution in [1.82, 2.24) is 24.7 Å². The zero-order chi connectivity index (χ0) is 19.7. The maximum Gasteiger partial charge on any atom is 0.271 e. The van der Waals surface area contributed by atoms with Gasteiger partial charge in [-0.15, -0.1) is 10.2 Å². The Morgan fingerprint density at radius 1 is 1.22 bits per heavy atom.